The van der Waals surface area contributed by atoms with Crippen molar-refractivity contribution in [2.75, 3.05) is 37.8 Å². The molecule has 0 fully saturated rings. The summed E-state index contributed by atoms with van der Waals surface area (Å²) in [5.74, 6) is 1.44. The zero-order valence-corrected chi connectivity index (χ0v) is 16.8. The minimum atomic E-state index is 0.639. The minimum Gasteiger partial charge on any atom is -0.366 e. The summed E-state index contributed by atoms with van der Waals surface area (Å²) in [7, 11) is 4.15. The average molecular weight is 377 g/mol. The predicted octanol–water partition coefficient (Wildman–Crippen LogP) is 3.82. The van der Waals surface area contributed by atoms with Crippen molar-refractivity contribution < 1.29 is 0 Å². The van der Waals surface area contributed by atoms with Crippen molar-refractivity contribution in [2.24, 2.45) is 0 Å². The molecule has 6 nitrogen and oxygen atoms in total. The smallest absolute Gasteiger partial charge is 0.225 e. The van der Waals surface area contributed by atoms with Crippen molar-refractivity contribution in [1.29, 1.82) is 0 Å². The molecule has 0 bridgehead atoms. The normalized spacial score (nSPS) is 10.9. The molecule has 0 radical (unpaired) electrons. The van der Waals surface area contributed by atoms with Gasteiger partial charge in [0.2, 0.25) is 5.95 Å². The van der Waals surface area contributed by atoms with Gasteiger partial charge in [-0.05, 0) is 51.7 Å². The lowest BCUT2D eigenvalue weighted by atomic mass is 10.1. The topological polar surface area (TPSA) is 66.0 Å². The van der Waals surface area contributed by atoms with Gasteiger partial charge in [0.15, 0.2) is 0 Å². The van der Waals surface area contributed by atoms with Gasteiger partial charge in [0.1, 0.15) is 5.82 Å². The summed E-state index contributed by atoms with van der Waals surface area (Å²) >= 11 is 0. The van der Waals surface area contributed by atoms with E-state index < -0.39 is 0 Å². The number of nitrogens with zero attached hydrogens (tertiary/aromatic N) is 4. The number of anilines is 2. The van der Waals surface area contributed by atoms with Gasteiger partial charge >= 0.3 is 0 Å². The summed E-state index contributed by atoms with van der Waals surface area (Å²) in [4.78, 5) is 15.6. The van der Waals surface area contributed by atoms with Crippen molar-refractivity contribution in [3.63, 3.8) is 0 Å². The van der Waals surface area contributed by atoms with Crippen LogP contribution < -0.4 is 10.6 Å². The molecule has 2 heterocycles. The highest BCUT2D eigenvalue weighted by molar-refractivity contribution is 5.63. The maximum absolute atomic E-state index is 4.69. The molecule has 0 spiro atoms. The Hall–Kier alpha value is -2.99. The molecule has 6 heteroatoms. The number of hydrogen-bond acceptors (Lipinski definition) is 6. The molecule has 0 saturated heterocycles. The molecule has 0 atom stereocenters. The van der Waals surface area contributed by atoms with Crippen molar-refractivity contribution in [3.05, 3.63) is 66.0 Å². The van der Waals surface area contributed by atoms with Crippen LogP contribution in [0.1, 0.15) is 17.5 Å². The van der Waals surface area contributed by atoms with Gasteiger partial charge in [0.25, 0.3) is 0 Å². The largest absolute Gasteiger partial charge is 0.366 e. The Balaban J connectivity index is 1.76. The molecule has 0 aliphatic carbocycles. The van der Waals surface area contributed by atoms with Crippen LogP contribution in [0.25, 0.3) is 11.3 Å². The fraction of sp³-hybridized carbons (Fsp3) is 0.318. The van der Waals surface area contributed by atoms with E-state index in [2.05, 4.69) is 75.8 Å². The Labute approximate surface area is 167 Å². The van der Waals surface area contributed by atoms with Crippen LogP contribution in [0.5, 0.6) is 0 Å². The zero-order valence-electron chi connectivity index (χ0n) is 16.8. The van der Waals surface area contributed by atoms with Crippen molar-refractivity contribution in [3.8, 4) is 11.3 Å². The van der Waals surface area contributed by atoms with E-state index in [1.807, 2.05) is 18.2 Å². The zero-order chi connectivity index (χ0) is 19.8. The lowest BCUT2D eigenvalue weighted by Gasteiger charge is -2.13. The second kappa shape index (κ2) is 9.80. The molecule has 0 unspecified atom stereocenters. The van der Waals surface area contributed by atoms with Crippen LogP contribution in [0.4, 0.5) is 11.8 Å². The fourth-order valence-corrected chi connectivity index (χ4v) is 2.90. The summed E-state index contributed by atoms with van der Waals surface area (Å²) in [6.45, 7) is 4.67. The van der Waals surface area contributed by atoms with Gasteiger partial charge < -0.3 is 15.5 Å². The van der Waals surface area contributed by atoms with Crippen molar-refractivity contribution >= 4 is 11.8 Å². The van der Waals surface area contributed by atoms with E-state index >= 15 is 0 Å². The van der Waals surface area contributed by atoms with E-state index in [1.54, 1.807) is 12.4 Å². The summed E-state index contributed by atoms with van der Waals surface area (Å²) in [5.41, 5.74) is 4.37. The third-order valence-electron chi connectivity index (χ3n) is 4.32. The molecule has 0 amide bonds. The molecule has 3 aromatic rings. The number of nitrogens with one attached hydrogen (secondary N) is 2. The molecule has 1 aromatic carbocycles. The van der Waals surface area contributed by atoms with Crippen LogP contribution in [-0.2, 0) is 6.54 Å². The summed E-state index contributed by atoms with van der Waals surface area (Å²) in [5, 5.41) is 6.79. The van der Waals surface area contributed by atoms with Gasteiger partial charge in [0, 0.05) is 37.1 Å². The third kappa shape index (κ3) is 6.03. The van der Waals surface area contributed by atoms with Gasteiger partial charge in [-0.15, -0.1) is 0 Å². The Kier molecular flexibility index (Phi) is 6.92. The van der Waals surface area contributed by atoms with Gasteiger partial charge in [-0.1, -0.05) is 29.8 Å². The number of rotatable bonds is 9. The number of hydrogen-bond donors (Lipinski definition) is 2. The molecular formula is C22H28N6. The number of pyridine rings is 1. The summed E-state index contributed by atoms with van der Waals surface area (Å²) in [6, 6.07) is 14.4. The highest BCUT2D eigenvalue weighted by Gasteiger charge is 2.07. The summed E-state index contributed by atoms with van der Waals surface area (Å²) in [6.07, 6.45) is 4.59. The first-order valence-corrected chi connectivity index (χ1v) is 9.57. The van der Waals surface area contributed by atoms with Crippen LogP contribution in [0.3, 0.4) is 0 Å². The molecule has 0 aliphatic heterocycles. The van der Waals surface area contributed by atoms with Gasteiger partial charge in [-0.2, -0.15) is 4.98 Å². The molecule has 3 rings (SSSR count). The van der Waals surface area contributed by atoms with Crippen molar-refractivity contribution in [2.45, 2.75) is 19.9 Å². The number of aryl methyl sites for hydroxylation is 1. The summed E-state index contributed by atoms with van der Waals surface area (Å²) < 4.78 is 0. The maximum Gasteiger partial charge on any atom is 0.225 e. The van der Waals surface area contributed by atoms with Crippen LogP contribution >= 0.6 is 0 Å². The molecule has 0 saturated carbocycles. The van der Waals surface area contributed by atoms with Gasteiger partial charge in [-0.3, -0.25) is 4.98 Å². The predicted molar refractivity (Wildman–Crippen MR) is 115 cm³/mol. The number of benzene rings is 1. The first-order valence-electron chi connectivity index (χ1n) is 9.57. The van der Waals surface area contributed by atoms with E-state index in [4.69, 9.17) is 0 Å². The Morgan fingerprint density at radius 3 is 2.54 bits per heavy atom. The van der Waals surface area contributed by atoms with E-state index in [-0.39, 0.29) is 0 Å². The molecule has 2 N–H and O–H groups in total. The minimum absolute atomic E-state index is 0.639. The van der Waals surface area contributed by atoms with Crippen LogP contribution in [0, 0.1) is 6.92 Å². The van der Waals surface area contributed by atoms with E-state index in [9.17, 15) is 0 Å². The highest BCUT2D eigenvalue weighted by atomic mass is 15.1. The SMILES string of the molecule is Cc1cccc(CNc2cc(-c3ccncc3)nc(NCCCN(C)C)n2)c1. The average Bonchev–Trinajstić information content (AvgIpc) is 2.70. The first-order chi connectivity index (χ1) is 13.6. The second-order valence-corrected chi connectivity index (χ2v) is 7.12. The monoisotopic (exact) mass is 376 g/mol. The Morgan fingerprint density at radius 1 is 0.964 bits per heavy atom. The van der Waals surface area contributed by atoms with E-state index in [0.717, 1.165) is 36.6 Å². The van der Waals surface area contributed by atoms with Crippen LogP contribution in [0.2, 0.25) is 0 Å². The number of aromatic nitrogens is 3. The maximum atomic E-state index is 4.69. The Morgan fingerprint density at radius 2 is 1.79 bits per heavy atom. The lowest BCUT2D eigenvalue weighted by Crippen LogP contribution is -2.17. The lowest BCUT2D eigenvalue weighted by molar-refractivity contribution is 0.405. The van der Waals surface area contributed by atoms with Crippen LogP contribution in [-0.4, -0.2) is 47.0 Å². The van der Waals surface area contributed by atoms with E-state index in [1.165, 1.54) is 11.1 Å². The second-order valence-electron chi connectivity index (χ2n) is 7.12. The van der Waals surface area contributed by atoms with E-state index in [0.29, 0.717) is 12.5 Å². The Bertz CT molecular complexity index is 879. The molecule has 146 valence electrons. The third-order valence-corrected chi connectivity index (χ3v) is 4.32. The molecule has 2 aromatic heterocycles. The quantitative estimate of drug-likeness (QED) is 0.554. The highest BCUT2D eigenvalue weighted by Crippen LogP contribution is 2.21. The molecule has 0 aliphatic rings. The van der Waals surface area contributed by atoms with Gasteiger partial charge in [0.05, 0.1) is 5.69 Å². The van der Waals surface area contributed by atoms with Crippen molar-refractivity contribution in [1.82, 2.24) is 19.9 Å². The van der Waals surface area contributed by atoms with Crippen LogP contribution in [0.15, 0.2) is 54.9 Å². The standard InChI is InChI=1S/C22H28N6/c1-17-6-4-7-18(14-17)16-25-21-15-20(19-8-11-23-12-9-19)26-22(27-21)24-10-5-13-28(2)3/h4,6-9,11-12,14-15H,5,10,13,16H2,1-3H3,(H2,24,25,26,27). The molecular weight excluding hydrogens is 348 g/mol. The fourth-order valence-electron chi connectivity index (χ4n) is 2.90. The first kappa shape index (κ1) is 19.8. The molecule has 28 heavy (non-hydrogen) atoms. The van der Waals surface area contributed by atoms with Gasteiger partial charge in [-0.25, -0.2) is 4.98 Å².